The fourth-order valence-corrected chi connectivity index (χ4v) is 1.72. The van der Waals surface area contributed by atoms with Crippen LogP contribution in [0.2, 0.25) is 0 Å². The molecule has 3 N–H and O–H groups in total. The van der Waals surface area contributed by atoms with Gasteiger partial charge >= 0.3 is 0 Å². The maximum atomic E-state index is 12.0. The van der Waals surface area contributed by atoms with E-state index in [1.165, 1.54) is 0 Å². The van der Waals surface area contributed by atoms with Crippen molar-refractivity contribution in [3.05, 3.63) is 29.1 Å². The molecule has 0 aliphatic heterocycles. The van der Waals surface area contributed by atoms with Gasteiger partial charge in [-0.15, -0.1) is 0 Å². The van der Waals surface area contributed by atoms with Crippen molar-refractivity contribution in [3.63, 3.8) is 0 Å². The summed E-state index contributed by atoms with van der Waals surface area (Å²) in [4.78, 5) is 16.3. The number of nitrogens with one attached hydrogen (secondary N) is 1. The van der Waals surface area contributed by atoms with Gasteiger partial charge < -0.3 is 11.1 Å². The normalized spacial score (nSPS) is 12.2. The lowest BCUT2D eigenvalue weighted by Gasteiger charge is -2.14. The van der Waals surface area contributed by atoms with Gasteiger partial charge in [0.25, 0.3) is 5.91 Å². The second-order valence-electron chi connectivity index (χ2n) is 4.39. The quantitative estimate of drug-likeness (QED) is 0.813. The monoisotopic (exact) mass is 235 g/mol. The van der Waals surface area contributed by atoms with Gasteiger partial charge in [0.1, 0.15) is 0 Å². The minimum Gasteiger partial charge on any atom is -0.350 e. The van der Waals surface area contributed by atoms with Crippen molar-refractivity contribution >= 4 is 5.91 Å². The highest BCUT2D eigenvalue weighted by molar-refractivity contribution is 5.95. The topological polar surface area (TPSA) is 68.0 Å². The number of nitrogens with zero attached hydrogens (tertiary/aromatic N) is 1. The molecule has 94 valence electrons. The van der Waals surface area contributed by atoms with Gasteiger partial charge in [-0.2, -0.15) is 0 Å². The van der Waals surface area contributed by atoms with Crippen molar-refractivity contribution in [2.45, 2.75) is 39.7 Å². The molecule has 1 aromatic heterocycles. The van der Waals surface area contributed by atoms with Gasteiger partial charge in [-0.3, -0.25) is 9.78 Å². The van der Waals surface area contributed by atoms with Crippen LogP contribution < -0.4 is 11.1 Å². The molecule has 17 heavy (non-hydrogen) atoms. The van der Waals surface area contributed by atoms with Crippen molar-refractivity contribution in [2.24, 2.45) is 5.73 Å². The molecule has 1 rings (SSSR count). The highest BCUT2D eigenvalue weighted by atomic mass is 16.1. The Morgan fingerprint density at radius 1 is 1.47 bits per heavy atom. The van der Waals surface area contributed by atoms with Crippen LogP contribution >= 0.6 is 0 Å². The lowest BCUT2D eigenvalue weighted by molar-refractivity contribution is 0.0937. The van der Waals surface area contributed by atoms with E-state index in [9.17, 15) is 4.79 Å². The zero-order chi connectivity index (χ0) is 12.8. The molecule has 0 spiro atoms. The third-order valence-electron chi connectivity index (χ3n) is 2.69. The van der Waals surface area contributed by atoms with Crippen LogP contribution in [0.25, 0.3) is 0 Å². The van der Waals surface area contributed by atoms with Gasteiger partial charge in [0.2, 0.25) is 0 Å². The maximum absolute atomic E-state index is 12.0. The minimum absolute atomic E-state index is 0.0560. The van der Waals surface area contributed by atoms with Crippen LogP contribution in [0.3, 0.4) is 0 Å². The number of amides is 1. The molecular formula is C13H21N3O. The summed E-state index contributed by atoms with van der Waals surface area (Å²) in [6.07, 6.45) is 1.83. The molecule has 0 aromatic carbocycles. The number of aromatic nitrogens is 1. The molecule has 0 saturated carbocycles. The number of pyridine rings is 1. The van der Waals surface area contributed by atoms with E-state index in [1.54, 1.807) is 0 Å². The fourth-order valence-electron chi connectivity index (χ4n) is 1.72. The van der Waals surface area contributed by atoms with Crippen LogP contribution in [0.15, 0.2) is 12.1 Å². The number of hydrogen-bond donors (Lipinski definition) is 2. The highest BCUT2D eigenvalue weighted by Gasteiger charge is 2.12. The van der Waals surface area contributed by atoms with Crippen molar-refractivity contribution in [1.82, 2.24) is 10.3 Å². The van der Waals surface area contributed by atoms with E-state index in [1.807, 2.05) is 32.9 Å². The zero-order valence-corrected chi connectivity index (χ0v) is 10.8. The Bertz CT molecular complexity index is 390. The lowest BCUT2D eigenvalue weighted by Crippen LogP contribution is -2.33. The molecule has 1 atom stereocenters. The SMILES string of the molecule is Cc1ccc(C(=O)NC(C)CCCN)c(C)n1. The summed E-state index contributed by atoms with van der Waals surface area (Å²) in [6.45, 7) is 6.42. The van der Waals surface area contributed by atoms with Crippen molar-refractivity contribution in [3.8, 4) is 0 Å². The predicted molar refractivity (Wildman–Crippen MR) is 68.9 cm³/mol. The van der Waals surface area contributed by atoms with Crippen LogP contribution in [-0.2, 0) is 0 Å². The molecular weight excluding hydrogens is 214 g/mol. The van der Waals surface area contributed by atoms with E-state index in [0.29, 0.717) is 12.1 Å². The number of rotatable bonds is 5. The van der Waals surface area contributed by atoms with E-state index in [0.717, 1.165) is 24.2 Å². The number of carbonyl (C=O) groups excluding carboxylic acids is 1. The first-order valence-corrected chi connectivity index (χ1v) is 5.99. The standard InChI is InChI=1S/C13H21N3O/c1-9(5-4-8-14)16-13(17)12-7-6-10(2)15-11(12)3/h6-7,9H,4-5,8,14H2,1-3H3,(H,16,17). The van der Waals surface area contributed by atoms with Crippen molar-refractivity contribution in [2.75, 3.05) is 6.54 Å². The number of aryl methyl sites for hydroxylation is 2. The summed E-state index contributed by atoms with van der Waals surface area (Å²) in [5, 5.41) is 2.96. The summed E-state index contributed by atoms with van der Waals surface area (Å²) in [5.41, 5.74) is 7.78. The van der Waals surface area contributed by atoms with E-state index in [2.05, 4.69) is 10.3 Å². The molecule has 4 nitrogen and oxygen atoms in total. The van der Waals surface area contributed by atoms with Crippen LogP contribution in [0.4, 0.5) is 0 Å². The van der Waals surface area contributed by atoms with Crippen molar-refractivity contribution < 1.29 is 4.79 Å². The molecule has 1 unspecified atom stereocenters. The third kappa shape index (κ3) is 4.15. The number of nitrogens with two attached hydrogens (primary N) is 1. The van der Waals surface area contributed by atoms with Gasteiger partial charge in [0.05, 0.1) is 11.3 Å². The van der Waals surface area contributed by atoms with Crippen LogP contribution in [0.5, 0.6) is 0 Å². The van der Waals surface area contributed by atoms with E-state index >= 15 is 0 Å². The predicted octanol–water partition coefficient (Wildman–Crippen LogP) is 1.56. The molecule has 0 aliphatic rings. The number of carbonyl (C=O) groups is 1. The molecule has 0 radical (unpaired) electrons. The van der Waals surface area contributed by atoms with Crippen LogP contribution in [0, 0.1) is 13.8 Å². The van der Waals surface area contributed by atoms with Crippen LogP contribution in [0.1, 0.15) is 41.5 Å². The van der Waals surface area contributed by atoms with E-state index < -0.39 is 0 Å². The summed E-state index contributed by atoms with van der Waals surface area (Å²) in [6, 6.07) is 3.82. The van der Waals surface area contributed by atoms with Gasteiger partial charge in [-0.1, -0.05) is 0 Å². The largest absolute Gasteiger partial charge is 0.350 e. The minimum atomic E-state index is -0.0560. The Hall–Kier alpha value is -1.42. The molecule has 0 aliphatic carbocycles. The molecule has 4 heteroatoms. The Kier molecular flexibility index (Phi) is 5.10. The molecule has 1 heterocycles. The Morgan fingerprint density at radius 2 is 2.18 bits per heavy atom. The second-order valence-corrected chi connectivity index (χ2v) is 4.39. The summed E-state index contributed by atoms with van der Waals surface area (Å²) in [7, 11) is 0. The molecule has 1 amide bonds. The van der Waals surface area contributed by atoms with Gasteiger partial charge in [0, 0.05) is 11.7 Å². The third-order valence-corrected chi connectivity index (χ3v) is 2.69. The lowest BCUT2D eigenvalue weighted by atomic mass is 10.1. The summed E-state index contributed by atoms with van der Waals surface area (Å²) < 4.78 is 0. The molecule has 0 fully saturated rings. The summed E-state index contributed by atoms with van der Waals surface area (Å²) in [5.74, 6) is -0.0560. The van der Waals surface area contributed by atoms with Gasteiger partial charge in [0.15, 0.2) is 0 Å². The molecule has 1 aromatic rings. The Morgan fingerprint density at radius 3 is 2.76 bits per heavy atom. The average molecular weight is 235 g/mol. The molecule has 0 saturated heterocycles. The van der Waals surface area contributed by atoms with Crippen LogP contribution in [-0.4, -0.2) is 23.5 Å². The van der Waals surface area contributed by atoms with Gasteiger partial charge in [-0.05, 0) is 52.3 Å². The first-order chi connectivity index (χ1) is 8.04. The van der Waals surface area contributed by atoms with E-state index in [4.69, 9.17) is 5.73 Å². The zero-order valence-electron chi connectivity index (χ0n) is 10.8. The number of hydrogen-bond acceptors (Lipinski definition) is 3. The smallest absolute Gasteiger partial charge is 0.253 e. The Labute approximate surface area is 103 Å². The highest BCUT2D eigenvalue weighted by Crippen LogP contribution is 2.07. The van der Waals surface area contributed by atoms with Crippen molar-refractivity contribution in [1.29, 1.82) is 0 Å². The summed E-state index contributed by atoms with van der Waals surface area (Å²) >= 11 is 0. The fraction of sp³-hybridized carbons (Fsp3) is 0.538. The average Bonchev–Trinajstić information content (AvgIpc) is 2.26. The molecule has 0 bridgehead atoms. The maximum Gasteiger partial charge on any atom is 0.253 e. The van der Waals surface area contributed by atoms with Gasteiger partial charge in [-0.25, -0.2) is 0 Å². The Balaban J connectivity index is 2.63. The first kappa shape index (κ1) is 13.6. The first-order valence-electron chi connectivity index (χ1n) is 5.99. The second kappa shape index (κ2) is 6.35. The van der Waals surface area contributed by atoms with E-state index in [-0.39, 0.29) is 11.9 Å².